The van der Waals surface area contributed by atoms with Crippen molar-refractivity contribution < 1.29 is 13.2 Å². The number of nitrogens with one attached hydrogen (secondary N) is 2. The van der Waals surface area contributed by atoms with Gasteiger partial charge in [0.15, 0.2) is 0 Å². The van der Waals surface area contributed by atoms with E-state index in [0.717, 1.165) is 0 Å². The molecule has 0 unspecified atom stereocenters. The Morgan fingerprint density at radius 2 is 1.62 bits per heavy atom. The Hall–Kier alpha value is -1.57. The van der Waals surface area contributed by atoms with Gasteiger partial charge >= 0.3 is 6.18 Å². The molecular weight excluding hydrogens is 283 g/mol. The molecule has 0 bridgehead atoms. The van der Waals surface area contributed by atoms with Crippen LogP contribution < -0.4 is 16.6 Å². The molecule has 1 aliphatic rings. The van der Waals surface area contributed by atoms with Crippen LogP contribution in [0.3, 0.4) is 0 Å². The number of nitrogen functional groups attached to an aromatic ring is 1. The van der Waals surface area contributed by atoms with E-state index >= 15 is 0 Å². The predicted molar refractivity (Wildman–Crippen MR) is 74.9 cm³/mol. The van der Waals surface area contributed by atoms with Gasteiger partial charge in [-0.05, 0) is 19.8 Å². The fourth-order valence-electron chi connectivity index (χ4n) is 1.95. The number of alkyl halides is 3. The number of halogens is 3. The van der Waals surface area contributed by atoms with Crippen LogP contribution in [0, 0.1) is 6.92 Å². The molecule has 0 saturated heterocycles. The molecule has 1 saturated carbocycles. The Balaban J connectivity index is 2.44. The second-order valence-corrected chi connectivity index (χ2v) is 6.47. The van der Waals surface area contributed by atoms with Crippen molar-refractivity contribution in [2.75, 3.05) is 10.7 Å². The lowest BCUT2D eigenvalue weighted by molar-refractivity contribution is -0.151. The lowest BCUT2D eigenvalue weighted by atomic mass is 9.95. The lowest BCUT2D eigenvalue weighted by Gasteiger charge is -2.25. The number of rotatable bonds is 3. The highest BCUT2D eigenvalue weighted by Crippen LogP contribution is 2.51. The molecule has 4 N–H and O–H groups in total. The molecule has 0 spiro atoms. The van der Waals surface area contributed by atoms with Crippen LogP contribution in [0.25, 0.3) is 0 Å². The second kappa shape index (κ2) is 4.72. The van der Waals surface area contributed by atoms with Crippen LogP contribution in [0.2, 0.25) is 0 Å². The molecule has 2 rings (SSSR count). The molecule has 0 atom stereocenters. The van der Waals surface area contributed by atoms with Crippen LogP contribution in [-0.4, -0.2) is 21.7 Å². The monoisotopic (exact) mass is 303 g/mol. The average molecular weight is 303 g/mol. The van der Waals surface area contributed by atoms with E-state index in [-0.39, 0.29) is 18.7 Å². The van der Waals surface area contributed by atoms with Gasteiger partial charge in [-0.3, -0.25) is 0 Å². The first kappa shape index (κ1) is 15.8. The van der Waals surface area contributed by atoms with E-state index in [1.807, 2.05) is 20.8 Å². The molecule has 0 aliphatic heterocycles. The third-order valence-corrected chi connectivity index (χ3v) is 3.60. The smallest absolute Gasteiger partial charge is 0.356 e. The summed E-state index contributed by atoms with van der Waals surface area (Å²) in [5, 5.41) is 2.55. The molecular formula is C13H20F3N5. The Bertz CT molecular complexity index is 544. The molecule has 0 amide bonds. The molecule has 1 aromatic heterocycles. The minimum Gasteiger partial charge on any atom is -0.356 e. The molecule has 1 fully saturated rings. The fraction of sp³-hybridized carbons (Fsp3) is 0.692. The topological polar surface area (TPSA) is 75.9 Å². The van der Waals surface area contributed by atoms with Gasteiger partial charge in [-0.25, -0.2) is 15.8 Å². The van der Waals surface area contributed by atoms with Crippen LogP contribution in [0.4, 0.5) is 24.8 Å². The number of hydrogen-bond donors (Lipinski definition) is 3. The highest BCUT2D eigenvalue weighted by Gasteiger charge is 2.63. The molecule has 21 heavy (non-hydrogen) atoms. The molecule has 118 valence electrons. The Morgan fingerprint density at radius 3 is 2.00 bits per heavy atom. The van der Waals surface area contributed by atoms with Crippen molar-refractivity contribution >= 4 is 11.6 Å². The SMILES string of the molecule is Cc1c(NN)nc(C(C)(C)C)nc1NC1(C(F)(F)F)CC1. The minimum absolute atomic E-state index is 0.0518. The predicted octanol–water partition coefficient (Wildman–Crippen LogP) is 2.87. The highest BCUT2D eigenvalue weighted by atomic mass is 19.4. The first-order valence-electron chi connectivity index (χ1n) is 6.71. The number of hydrazine groups is 1. The van der Waals surface area contributed by atoms with Crippen molar-refractivity contribution in [2.24, 2.45) is 5.84 Å². The molecule has 0 aromatic carbocycles. The normalized spacial score (nSPS) is 17.5. The summed E-state index contributed by atoms with van der Waals surface area (Å²) >= 11 is 0. The summed E-state index contributed by atoms with van der Waals surface area (Å²) in [5.74, 6) is 6.35. The van der Waals surface area contributed by atoms with E-state index in [0.29, 0.717) is 17.2 Å². The maximum atomic E-state index is 13.1. The van der Waals surface area contributed by atoms with E-state index in [1.165, 1.54) is 0 Å². The van der Waals surface area contributed by atoms with Crippen LogP contribution in [0.5, 0.6) is 0 Å². The third-order valence-electron chi connectivity index (χ3n) is 3.60. The summed E-state index contributed by atoms with van der Waals surface area (Å²) in [5.41, 5.74) is 0.628. The summed E-state index contributed by atoms with van der Waals surface area (Å²) in [6.45, 7) is 7.30. The molecule has 5 nitrogen and oxygen atoms in total. The Labute approximate surface area is 121 Å². The van der Waals surface area contributed by atoms with Gasteiger partial charge in [-0.1, -0.05) is 20.8 Å². The number of nitrogens with zero attached hydrogens (tertiary/aromatic N) is 2. The number of hydrogen-bond acceptors (Lipinski definition) is 5. The molecule has 1 heterocycles. The first-order valence-corrected chi connectivity index (χ1v) is 6.71. The van der Waals surface area contributed by atoms with Crippen LogP contribution in [0.15, 0.2) is 0 Å². The largest absolute Gasteiger partial charge is 0.411 e. The summed E-state index contributed by atoms with van der Waals surface area (Å²) in [7, 11) is 0. The Kier molecular flexibility index (Phi) is 3.56. The van der Waals surface area contributed by atoms with Gasteiger partial charge in [0.05, 0.1) is 0 Å². The van der Waals surface area contributed by atoms with Crippen molar-refractivity contribution in [3.05, 3.63) is 11.4 Å². The average Bonchev–Trinajstić information content (AvgIpc) is 3.10. The van der Waals surface area contributed by atoms with Gasteiger partial charge in [-0.2, -0.15) is 13.2 Å². The first-order chi connectivity index (χ1) is 9.50. The van der Waals surface area contributed by atoms with Gasteiger partial charge < -0.3 is 10.7 Å². The van der Waals surface area contributed by atoms with Crippen LogP contribution >= 0.6 is 0 Å². The Morgan fingerprint density at radius 1 is 1.10 bits per heavy atom. The van der Waals surface area contributed by atoms with E-state index in [1.54, 1.807) is 6.92 Å². The zero-order valence-electron chi connectivity index (χ0n) is 12.5. The molecule has 1 aromatic rings. The van der Waals surface area contributed by atoms with Crippen molar-refractivity contribution in [1.82, 2.24) is 9.97 Å². The quantitative estimate of drug-likeness (QED) is 0.591. The maximum Gasteiger partial charge on any atom is 0.411 e. The minimum atomic E-state index is -4.30. The standard InChI is InChI=1S/C13H20F3N5/c1-7-8(20-12(5-6-12)13(14,15)16)18-10(11(2,3)4)19-9(7)21-17/h5-6,17H2,1-4H3,(H2,18,19,20,21). The number of anilines is 2. The molecule has 0 radical (unpaired) electrons. The van der Waals surface area contributed by atoms with E-state index in [2.05, 4.69) is 20.7 Å². The summed E-state index contributed by atoms with van der Waals surface area (Å²) in [6, 6.07) is 0. The van der Waals surface area contributed by atoms with Crippen molar-refractivity contribution in [3.8, 4) is 0 Å². The fourth-order valence-corrected chi connectivity index (χ4v) is 1.95. The summed E-state index contributed by atoms with van der Waals surface area (Å²) < 4.78 is 39.3. The zero-order valence-corrected chi connectivity index (χ0v) is 12.5. The number of nitrogens with two attached hydrogens (primary N) is 1. The van der Waals surface area contributed by atoms with E-state index in [9.17, 15) is 13.2 Å². The third kappa shape index (κ3) is 2.90. The van der Waals surface area contributed by atoms with Crippen molar-refractivity contribution in [2.45, 2.75) is 57.7 Å². The van der Waals surface area contributed by atoms with Gasteiger partial charge in [0.25, 0.3) is 0 Å². The molecule has 1 aliphatic carbocycles. The van der Waals surface area contributed by atoms with Gasteiger partial charge in [-0.15, -0.1) is 0 Å². The summed E-state index contributed by atoms with van der Waals surface area (Å²) in [4.78, 5) is 8.54. The van der Waals surface area contributed by atoms with Crippen LogP contribution in [-0.2, 0) is 5.41 Å². The molecule has 8 heteroatoms. The second-order valence-electron chi connectivity index (χ2n) is 6.47. The van der Waals surface area contributed by atoms with Crippen LogP contribution in [0.1, 0.15) is 45.0 Å². The van der Waals surface area contributed by atoms with Crippen molar-refractivity contribution in [3.63, 3.8) is 0 Å². The van der Waals surface area contributed by atoms with Gasteiger partial charge in [0.1, 0.15) is 23.0 Å². The maximum absolute atomic E-state index is 13.1. The lowest BCUT2D eigenvalue weighted by Crippen LogP contribution is -2.39. The van der Waals surface area contributed by atoms with Crippen molar-refractivity contribution in [1.29, 1.82) is 0 Å². The highest BCUT2D eigenvalue weighted by molar-refractivity contribution is 5.59. The van der Waals surface area contributed by atoms with Gasteiger partial charge in [0.2, 0.25) is 0 Å². The summed E-state index contributed by atoms with van der Waals surface area (Å²) in [6.07, 6.45) is -4.20. The van der Waals surface area contributed by atoms with E-state index in [4.69, 9.17) is 5.84 Å². The van der Waals surface area contributed by atoms with E-state index < -0.39 is 17.1 Å². The number of aromatic nitrogens is 2. The van der Waals surface area contributed by atoms with Gasteiger partial charge in [0, 0.05) is 11.0 Å². The zero-order chi connectivity index (χ0) is 16.1.